The van der Waals surface area contributed by atoms with Crippen molar-refractivity contribution in [3.05, 3.63) is 24.1 Å². The van der Waals surface area contributed by atoms with Gasteiger partial charge in [0.05, 0.1) is 6.20 Å². The smallest absolute Gasteiger partial charge is 0.141 e. The molecule has 0 spiro atoms. The molecule has 1 aliphatic heterocycles. The topological polar surface area (TPSA) is 45.4 Å². The van der Waals surface area contributed by atoms with Crippen LogP contribution in [-0.2, 0) is 0 Å². The Bertz CT molecular complexity index is 395. The monoisotopic (exact) mass is 280 g/mol. The molecule has 1 atom stereocenters. The fourth-order valence-corrected chi connectivity index (χ4v) is 2.92. The first kappa shape index (κ1) is 15.2. The highest BCUT2D eigenvalue weighted by Gasteiger charge is 2.20. The fraction of sp³-hybridized carbons (Fsp3) is 0.667. The Hall–Kier alpha value is -1.20. The van der Waals surface area contributed by atoms with E-state index in [2.05, 4.69) is 21.7 Å². The molecule has 2 rings (SSSR count). The Balaban J connectivity index is 1.96. The molecule has 1 aliphatic rings. The minimum atomic E-state index is -0.279. The van der Waals surface area contributed by atoms with Crippen LogP contribution in [0, 0.1) is 5.82 Å². The van der Waals surface area contributed by atoms with Gasteiger partial charge in [0.25, 0.3) is 0 Å². The second kappa shape index (κ2) is 7.55. The number of aromatic nitrogens is 1. The molecule has 1 fully saturated rings. The number of nitrogens with two attached hydrogens (primary N) is 1. The van der Waals surface area contributed by atoms with E-state index in [-0.39, 0.29) is 5.82 Å². The first-order chi connectivity index (χ1) is 9.74. The molecule has 0 amide bonds. The van der Waals surface area contributed by atoms with Crippen LogP contribution in [0.5, 0.6) is 0 Å². The summed E-state index contributed by atoms with van der Waals surface area (Å²) in [6.45, 7) is 7.03. The molecule has 1 aromatic rings. The molecule has 4 nitrogen and oxygen atoms in total. The molecule has 0 radical (unpaired) electrons. The third-order valence-corrected chi connectivity index (χ3v) is 4.05. The summed E-state index contributed by atoms with van der Waals surface area (Å²) in [6, 6.07) is 3.83. The zero-order valence-corrected chi connectivity index (χ0v) is 12.3. The van der Waals surface area contributed by atoms with Crippen molar-refractivity contribution in [3.63, 3.8) is 0 Å². The maximum Gasteiger partial charge on any atom is 0.141 e. The van der Waals surface area contributed by atoms with Crippen LogP contribution >= 0.6 is 0 Å². The van der Waals surface area contributed by atoms with Crippen molar-refractivity contribution in [3.8, 4) is 0 Å². The second-order valence-electron chi connectivity index (χ2n) is 5.35. The van der Waals surface area contributed by atoms with Gasteiger partial charge in [-0.3, -0.25) is 4.90 Å². The van der Waals surface area contributed by atoms with Gasteiger partial charge < -0.3 is 10.6 Å². The molecule has 112 valence electrons. The maximum atomic E-state index is 12.9. The third-order valence-electron chi connectivity index (χ3n) is 4.05. The number of hydrogen-bond donors (Lipinski definition) is 1. The maximum absolute atomic E-state index is 12.9. The summed E-state index contributed by atoms with van der Waals surface area (Å²) >= 11 is 0. The van der Waals surface area contributed by atoms with Crippen LogP contribution in [0.15, 0.2) is 18.3 Å². The summed E-state index contributed by atoms with van der Waals surface area (Å²) in [5.74, 6) is 0.597. The van der Waals surface area contributed by atoms with E-state index in [9.17, 15) is 4.39 Å². The molecule has 1 unspecified atom stereocenters. The molecule has 1 aromatic heterocycles. The Morgan fingerprint density at radius 2 is 2.15 bits per heavy atom. The average Bonchev–Trinajstić information content (AvgIpc) is 2.71. The Labute approximate surface area is 120 Å². The predicted molar refractivity (Wildman–Crippen MR) is 80.3 cm³/mol. The van der Waals surface area contributed by atoms with E-state index < -0.39 is 0 Å². The van der Waals surface area contributed by atoms with Crippen LogP contribution in [0.4, 0.5) is 10.2 Å². The Morgan fingerprint density at radius 3 is 2.80 bits per heavy atom. The van der Waals surface area contributed by atoms with Crippen LogP contribution in [0.2, 0.25) is 0 Å². The van der Waals surface area contributed by atoms with Crippen molar-refractivity contribution in [1.82, 2.24) is 9.88 Å². The Kier molecular flexibility index (Phi) is 5.73. The van der Waals surface area contributed by atoms with Gasteiger partial charge in [0.1, 0.15) is 11.6 Å². The van der Waals surface area contributed by atoms with E-state index in [1.807, 2.05) is 0 Å². The number of pyridine rings is 1. The molecule has 2 heterocycles. The van der Waals surface area contributed by atoms with Crippen molar-refractivity contribution < 1.29 is 4.39 Å². The van der Waals surface area contributed by atoms with Crippen LogP contribution < -0.4 is 10.6 Å². The van der Waals surface area contributed by atoms with E-state index in [1.54, 1.807) is 6.07 Å². The van der Waals surface area contributed by atoms with E-state index in [4.69, 9.17) is 5.73 Å². The minimum absolute atomic E-state index is 0.279. The van der Waals surface area contributed by atoms with E-state index >= 15 is 0 Å². The van der Waals surface area contributed by atoms with Gasteiger partial charge >= 0.3 is 0 Å². The van der Waals surface area contributed by atoms with Gasteiger partial charge in [-0.05, 0) is 37.9 Å². The van der Waals surface area contributed by atoms with Gasteiger partial charge in [0.2, 0.25) is 0 Å². The number of halogens is 1. The summed E-state index contributed by atoms with van der Waals surface area (Å²) in [7, 11) is 0. The number of rotatable bonds is 5. The van der Waals surface area contributed by atoms with Crippen molar-refractivity contribution in [1.29, 1.82) is 0 Å². The van der Waals surface area contributed by atoms with Crippen molar-refractivity contribution >= 4 is 5.82 Å². The van der Waals surface area contributed by atoms with E-state index in [0.29, 0.717) is 6.04 Å². The lowest BCUT2D eigenvalue weighted by molar-refractivity contribution is 0.196. The van der Waals surface area contributed by atoms with Gasteiger partial charge in [-0.1, -0.05) is 6.92 Å². The summed E-state index contributed by atoms with van der Waals surface area (Å²) < 4.78 is 12.9. The quantitative estimate of drug-likeness (QED) is 0.894. The third kappa shape index (κ3) is 3.90. The van der Waals surface area contributed by atoms with Gasteiger partial charge in [0, 0.05) is 32.2 Å². The minimum Gasteiger partial charge on any atom is -0.355 e. The summed E-state index contributed by atoms with van der Waals surface area (Å²) in [4.78, 5) is 8.97. The summed E-state index contributed by atoms with van der Waals surface area (Å²) in [5, 5.41) is 0. The first-order valence-electron chi connectivity index (χ1n) is 7.55. The van der Waals surface area contributed by atoms with Crippen LogP contribution in [-0.4, -0.2) is 48.6 Å². The molecule has 0 aliphatic carbocycles. The highest BCUT2D eigenvalue weighted by Crippen LogP contribution is 2.17. The SMILES string of the molecule is CCC(CCN)N1CCCN(c2ccc(F)cn2)CC1. The molecule has 5 heteroatoms. The van der Waals surface area contributed by atoms with Crippen LogP contribution in [0.25, 0.3) is 0 Å². The molecule has 0 bridgehead atoms. The molecule has 0 aromatic carbocycles. The Morgan fingerprint density at radius 1 is 1.30 bits per heavy atom. The normalized spacial score (nSPS) is 18.9. The number of hydrogen-bond acceptors (Lipinski definition) is 4. The van der Waals surface area contributed by atoms with E-state index in [1.165, 1.54) is 12.3 Å². The molecule has 0 saturated carbocycles. The largest absolute Gasteiger partial charge is 0.355 e. The highest BCUT2D eigenvalue weighted by molar-refractivity contribution is 5.38. The van der Waals surface area contributed by atoms with Crippen molar-refractivity contribution in [2.45, 2.75) is 32.2 Å². The lowest BCUT2D eigenvalue weighted by Gasteiger charge is -2.29. The average molecular weight is 280 g/mol. The first-order valence-corrected chi connectivity index (χ1v) is 7.55. The van der Waals surface area contributed by atoms with Crippen molar-refractivity contribution in [2.75, 3.05) is 37.6 Å². The van der Waals surface area contributed by atoms with E-state index in [0.717, 1.165) is 57.8 Å². The molecule has 1 saturated heterocycles. The predicted octanol–water partition coefficient (Wildman–Crippen LogP) is 1.86. The standard InChI is InChI=1S/C15H25FN4/c1-2-14(6-7-17)19-8-3-9-20(11-10-19)15-5-4-13(16)12-18-15/h4-5,12,14H,2-3,6-11,17H2,1H3. The number of anilines is 1. The molecule has 2 N–H and O–H groups in total. The molecular formula is C15H25FN4. The molecular weight excluding hydrogens is 255 g/mol. The van der Waals surface area contributed by atoms with Gasteiger partial charge in [-0.2, -0.15) is 0 Å². The summed E-state index contributed by atoms with van der Waals surface area (Å²) in [5.41, 5.74) is 5.70. The van der Waals surface area contributed by atoms with Gasteiger partial charge in [0.15, 0.2) is 0 Å². The van der Waals surface area contributed by atoms with Crippen molar-refractivity contribution in [2.24, 2.45) is 5.73 Å². The number of nitrogens with zero attached hydrogens (tertiary/aromatic N) is 3. The lowest BCUT2D eigenvalue weighted by atomic mass is 10.1. The summed E-state index contributed by atoms with van der Waals surface area (Å²) in [6.07, 6.45) is 4.61. The van der Waals surface area contributed by atoms with Crippen LogP contribution in [0.3, 0.4) is 0 Å². The fourth-order valence-electron chi connectivity index (χ4n) is 2.92. The lowest BCUT2D eigenvalue weighted by Crippen LogP contribution is -2.39. The highest BCUT2D eigenvalue weighted by atomic mass is 19.1. The molecule has 20 heavy (non-hydrogen) atoms. The second-order valence-corrected chi connectivity index (χ2v) is 5.35. The van der Waals surface area contributed by atoms with Crippen LogP contribution in [0.1, 0.15) is 26.2 Å². The zero-order valence-electron chi connectivity index (χ0n) is 12.3. The zero-order chi connectivity index (χ0) is 14.4. The van der Waals surface area contributed by atoms with Gasteiger partial charge in [-0.15, -0.1) is 0 Å². The van der Waals surface area contributed by atoms with Gasteiger partial charge in [-0.25, -0.2) is 9.37 Å².